The molecule has 0 aliphatic heterocycles. The maximum absolute atomic E-state index is 11.6. The zero-order chi connectivity index (χ0) is 15.0. The van der Waals surface area contributed by atoms with Gasteiger partial charge in [-0.05, 0) is 38.1 Å². The summed E-state index contributed by atoms with van der Waals surface area (Å²) in [6, 6.07) is 9.10. The quantitative estimate of drug-likeness (QED) is 0.801. The van der Waals surface area contributed by atoms with Crippen LogP contribution in [0, 0.1) is 6.92 Å². The van der Waals surface area contributed by atoms with Crippen molar-refractivity contribution >= 4 is 16.9 Å². The Morgan fingerprint density at radius 1 is 1.29 bits per heavy atom. The maximum Gasteiger partial charge on any atom is 0.336 e. The number of nitrogens with zero attached hydrogens (tertiary/aromatic N) is 3. The summed E-state index contributed by atoms with van der Waals surface area (Å²) in [5.41, 5.74) is 3.41. The van der Waals surface area contributed by atoms with Crippen LogP contribution in [0.1, 0.15) is 22.8 Å². The van der Waals surface area contributed by atoms with E-state index in [1.54, 1.807) is 16.9 Å². The summed E-state index contributed by atoms with van der Waals surface area (Å²) in [5.74, 6) is -0.947. The van der Waals surface area contributed by atoms with Crippen LogP contribution in [0.4, 0.5) is 0 Å². The van der Waals surface area contributed by atoms with Crippen LogP contribution in [0.5, 0.6) is 0 Å². The van der Waals surface area contributed by atoms with Crippen LogP contribution in [-0.4, -0.2) is 25.8 Å². The van der Waals surface area contributed by atoms with Crippen LogP contribution in [0.3, 0.4) is 0 Å². The Kier molecular flexibility index (Phi) is 3.17. The first kappa shape index (κ1) is 13.3. The Morgan fingerprint density at radius 3 is 2.81 bits per heavy atom. The zero-order valence-corrected chi connectivity index (χ0v) is 11.9. The van der Waals surface area contributed by atoms with Gasteiger partial charge in [0.15, 0.2) is 0 Å². The van der Waals surface area contributed by atoms with Crippen molar-refractivity contribution in [2.24, 2.45) is 0 Å². The number of aromatic carboxylic acids is 1. The molecule has 0 radical (unpaired) electrons. The third kappa shape index (κ3) is 2.27. The minimum atomic E-state index is -0.947. The normalized spacial score (nSPS) is 11.0. The van der Waals surface area contributed by atoms with Crippen LogP contribution < -0.4 is 0 Å². The number of hydrogen-bond acceptors (Lipinski definition) is 3. The van der Waals surface area contributed by atoms with Crippen molar-refractivity contribution < 1.29 is 9.90 Å². The fourth-order valence-corrected chi connectivity index (χ4v) is 2.45. The first-order valence-corrected chi connectivity index (χ1v) is 6.77. The molecular formula is C16H15N3O2. The second kappa shape index (κ2) is 5.01. The molecule has 106 valence electrons. The van der Waals surface area contributed by atoms with Crippen molar-refractivity contribution in [3.8, 4) is 11.4 Å². The number of rotatable bonds is 3. The summed E-state index contributed by atoms with van der Waals surface area (Å²) >= 11 is 0. The largest absolute Gasteiger partial charge is 0.478 e. The molecule has 5 nitrogen and oxygen atoms in total. The molecule has 3 rings (SSSR count). The molecule has 21 heavy (non-hydrogen) atoms. The number of aromatic nitrogens is 3. The first-order valence-electron chi connectivity index (χ1n) is 6.77. The lowest BCUT2D eigenvalue weighted by Crippen LogP contribution is -2.04. The fraction of sp³-hybridized carbons (Fsp3) is 0.188. The summed E-state index contributed by atoms with van der Waals surface area (Å²) < 4.78 is 1.80. The Hall–Kier alpha value is -2.69. The molecule has 2 aromatic heterocycles. The van der Waals surface area contributed by atoms with Gasteiger partial charge >= 0.3 is 5.97 Å². The van der Waals surface area contributed by atoms with Crippen LogP contribution in [-0.2, 0) is 6.54 Å². The van der Waals surface area contributed by atoms with Crippen molar-refractivity contribution in [3.05, 3.63) is 47.7 Å². The monoisotopic (exact) mass is 281 g/mol. The molecule has 0 aliphatic carbocycles. The number of aryl methyl sites for hydroxylation is 2. The van der Waals surface area contributed by atoms with Gasteiger partial charge < -0.3 is 5.11 Å². The van der Waals surface area contributed by atoms with Crippen LogP contribution in [0.2, 0.25) is 0 Å². The highest BCUT2D eigenvalue weighted by Gasteiger charge is 2.15. The average Bonchev–Trinajstić information content (AvgIpc) is 2.94. The third-order valence-corrected chi connectivity index (χ3v) is 3.47. The molecule has 5 heteroatoms. The van der Waals surface area contributed by atoms with Crippen LogP contribution in [0.25, 0.3) is 22.3 Å². The van der Waals surface area contributed by atoms with E-state index < -0.39 is 5.97 Å². The lowest BCUT2D eigenvalue weighted by Gasteiger charge is -2.09. The molecule has 0 amide bonds. The number of hydrogen-bond donors (Lipinski definition) is 1. The highest BCUT2D eigenvalue weighted by atomic mass is 16.4. The smallest absolute Gasteiger partial charge is 0.336 e. The van der Waals surface area contributed by atoms with E-state index in [4.69, 9.17) is 0 Å². The predicted molar refractivity (Wildman–Crippen MR) is 80.3 cm³/mol. The molecule has 0 atom stereocenters. The number of fused-ring (bicyclic) bond motifs is 1. The maximum atomic E-state index is 11.6. The van der Waals surface area contributed by atoms with Crippen molar-refractivity contribution in [1.29, 1.82) is 0 Å². The van der Waals surface area contributed by atoms with Gasteiger partial charge in [-0.15, -0.1) is 0 Å². The molecular weight excluding hydrogens is 266 g/mol. The fourth-order valence-electron chi connectivity index (χ4n) is 2.45. The summed E-state index contributed by atoms with van der Waals surface area (Å²) in [5, 5.41) is 14.3. The van der Waals surface area contributed by atoms with E-state index in [2.05, 4.69) is 10.1 Å². The standard InChI is InChI=1S/C16H15N3O2/c1-3-19-15(6-7-17-19)14-9-12(16(20)21)11-8-10(2)4-5-13(11)18-14/h4-9H,3H2,1-2H3,(H,20,21). The number of carboxylic acids is 1. The number of benzene rings is 1. The van der Waals surface area contributed by atoms with Gasteiger partial charge in [0.05, 0.1) is 22.5 Å². The molecule has 1 aromatic carbocycles. The Morgan fingerprint density at radius 2 is 2.10 bits per heavy atom. The Bertz CT molecular complexity index is 837. The highest BCUT2D eigenvalue weighted by molar-refractivity contribution is 6.03. The van der Waals surface area contributed by atoms with E-state index >= 15 is 0 Å². The van der Waals surface area contributed by atoms with E-state index in [0.717, 1.165) is 11.3 Å². The predicted octanol–water partition coefficient (Wildman–Crippen LogP) is 3.12. The van der Waals surface area contributed by atoms with Crippen molar-refractivity contribution in [2.45, 2.75) is 20.4 Å². The van der Waals surface area contributed by atoms with E-state index in [1.807, 2.05) is 38.1 Å². The molecule has 0 unspecified atom stereocenters. The molecule has 3 aromatic rings. The van der Waals surface area contributed by atoms with Crippen molar-refractivity contribution in [3.63, 3.8) is 0 Å². The minimum absolute atomic E-state index is 0.266. The van der Waals surface area contributed by atoms with E-state index in [0.29, 0.717) is 23.1 Å². The van der Waals surface area contributed by atoms with Gasteiger partial charge in [0.1, 0.15) is 0 Å². The zero-order valence-electron chi connectivity index (χ0n) is 11.9. The van der Waals surface area contributed by atoms with Gasteiger partial charge in [-0.3, -0.25) is 4.68 Å². The van der Waals surface area contributed by atoms with E-state index in [1.165, 1.54) is 0 Å². The minimum Gasteiger partial charge on any atom is -0.478 e. The summed E-state index contributed by atoms with van der Waals surface area (Å²) in [7, 11) is 0. The topological polar surface area (TPSA) is 68.0 Å². The summed E-state index contributed by atoms with van der Waals surface area (Å²) in [6.07, 6.45) is 1.69. The summed E-state index contributed by atoms with van der Waals surface area (Å²) in [4.78, 5) is 16.1. The van der Waals surface area contributed by atoms with Crippen molar-refractivity contribution in [2.75, 3.05) is 0 Å². The van der Waals surface area contributed by atoms with Crippen molar-refractivity contribution in [1.82, 2.24) is 14.8 Å². The molecule has 0 aliphatic rings. The second-order valence-electron chi connectivity index (χ2n) is 4.91. The molecule has 1 N–H and O–H groups in total. The van der Waals surface area contributed by atoms with Gasteiger partial charge in [-0.2, -0.15) is 5.10 Å². The Labute approximate surface area is 121 Å². The van der Waals surface area contributed by atoms with Gasteiger partial charge in [-0.1, -0.05) is 11.6 Å². The highest BCUT2D eigenvalue weighted by Crippen LogP contribution is 2.25. The molecule has 0 bridgehead atoms. The SMILES string of the molecule is CCn1nccc1-c1cc(C(=O)O)c2cc(C)ccc2n1. The molecule has 0 fully saturated rings. The van der Waals surface area contributed by atoms with Gasteiger partial charge in [0.2, 0.25) is 0 Å². The Balaban J connectivity index is 2.31. The summed E-state index contributed by atoms with van der Waals surface area (Å²) in [6.45, 7) is 4.63. The van der Waals surface area contributed by atoms with E-state index in [9.17, 15) is 9.90 Å². The van der Waals surface area contributed by atoms with Crippen LogP contribution >= 0.6 is 0 Å². The number of pyridine rings is 1. The van der Waals surface area contributed by atoms with Gasteiger partial charge in [0.25, 0.3) is 0 Å². The van der Waals surface area contributed by atoms with Crippen LogP contribution in [0.15, 0.2) is 36.5 Å². The molecule has 0 saturated carbocycles. The number of carbonyl (C=O) groups is 1. The average molecular weight is 281 g/mol. The molecule has 2 heterocycles. The first-order chi connectivity index (χ1) is 10.1. The molecule has 0 spiro atoms. The third-order valence-electron chi connectivity index (χ3n) is 3.47. The lowest BCUT2D eigenvalue weighted by molar-refractivity contribution is 0.0699. The van der Waals surface area contributed by atoms with E-state index in [-0.39, 0.29) is 5.56 Å². The molecule has 0 saturated heterocycles. The van der Waals surface area contributed by atoms with Gasteiger partial charge in [0, 0.05) is 18.1 Å². The number of carboxylic acid groups (broad SMARTS) is 1. The lowest BCUT2D eigenvalue weighted by atomic mass is 10.0. The van der Waals surface area contributed by atoms with Gasteiger partial charge in [-0.25, -0.2) is 9.78 Å². The second-order valence-corrected chi connectivity index (χ2v) is 4.91.